The van der Waals surface area contributed by atoms with Gasteiger partial charge in [0.1, 0.15) is 0 Å². The molecule has 1 aromatic rings. The maximum Gasteiger partial charge on any atom is 0.0738 e. The zero-order chi connectivity index (χ0) is 10.1. The minimum atomic E-state index is 0.640. The van der Waals surface area contributed by atoms with Gasteiger partial charge in [0.05, 0.1) is 15.9 Å². The number of aryl methyl sites for hydroxylation is 2. The number of hydrogen-bond acceptors (Lipinski definition) is 2. The molecule has 2 heterocycles. The molecule has 1 N–H and O–H groups in total. The maximum absolute atomic E-state index is 4.39. The summed E-state index contributed by atoms with van der Waals surface area (Å²) in [5, 5.41) is 7.90. The van der Waals surface area contributed by atoms with Gasteiger partial charge in [-0.05, 0) is 42.2 Å². The van der Waals surface area contributed by atoms with Crippen LogP contribution in [0.2, 0.25) is 0 Å². The lowest BCUT2D eigenvalue weighted by Crippen LogP contribution is -2.24. The molecule has 0 spiro atoms. The van der Waals surface area contributed by atoms with Gasteiger partial charge < -0.3 is 5.32 Å². The number of hydrogen-bond donors (Lipinski definition) is 1. The Hall–Kier alpha value is -0.350. The summed E-state index contributed by atoms with van der Waals surface area (Å²) in [5.41, 5.74) is 2.39. The van der Waals surface area contributed by atoms with Crippen LogP contribution < -0.4 is 5.32 Å². The Morgan fingerprint density at radius 3 is 2.93 bits per heavy atom. The van der Waals surface area contributed by atoms with Crippen molar-refractivity contribution in [2.75, 3.05) is 6.54 Å². The van der Waals surface area contributed by atoms with E-state index in [1.165, 1.54) is 29.6 Å². The van der Waals surface area contributed by atoms with E-state index in [-0.39, 0.29) is 0 Å². The normalized spacial score (nSPS) is 21.8. The van der Waals surface area contributed by atoms with Gasteiger partial charge in [-0.25, -0.2) is 0 Å². The van der Waals surface area contributed by atoms with E-state index in [9.17, 15) is 0 Å². The van der Waals surface area contributed by atoms with Crippen molar-refractivity contribution in [1.29, 1.82) is 0 Å². The molecule has 0 saturated carbocycles. The van der Waals surface area contributed by atoms with Crippen LogP contribution in [0.25, 0.3) is 0 Å². The molecule has 3 nitrogen and oxygen atoms in total. The first-order chi connectivity index (χ1) is 6.68. The Morgan fingerprint density at radius 1 is 1.64 bits per heavy atom. The lowest BCUT2D eigenvalue weighted by atomic mass is 10.1. The monoisotopic (exact) mass is 257 g/mol. The molecule has 0 radical (unpaired) electrons. The second-order valence-electron chi connectivity index (χ2n) is 3.97. The number of halogens is 1. The summed E-state index contributed by atoms with van der Waals surface area (Å²) in [6, 6.07) is 0.640. The zero-order valence-electron chi connectivity index (χ0n) is 8.68. The lowest BCUT2D eigenvalue weighted by Gasteiger charge is -2.10. The Kier molecular flexibility index (Phi) is 2.93. The molecule has 14 heavy (non-hydrogen) atoms. The Bertz CT molecular complexity index is 326. The van der Waals surface area contributed by atoms with Crippen molar-refractivity contribution in [3.63, 3.8) is 0 Å². The topological polar surface area (TPSA) is 29.9 Å². The van der Waals surface area contributed by atoms with Gasteiger partial charge in [0, 0.05) is 19.5 Å². The summed E-state index contributed by atoms with van der Waals surface area (Å²) in [6.45, 7) is 3.20. The standard InChI is InChI=1S/C10H16BrN3/c1-7-10(11)9(14(2)13-7)6-8-4-3-5-12-8/h8,12H,3-6H2,1-2H3. The molecule has 1 unspecified atom stereocenters. The molecule has 1 aliphatic rings. The van der Waals surface area contributed by atoms with Crippen molar-refractivity contribution in [2.24, 2.45) is 7.05 Å². The van der Waals surface area contributed by atoms with Crippen LogP contribution in [-0.4, -0.2) is 22.4 Å². The van der Waals surface area contributed by atoms with Gasteiger partial charge >= 0.3 is 0 Å². The fourth-order valence-corrected chi connectivity index (χ4v) is 2.56. The van der Waals surface area contributed by atoms with E-state index in [2.05, 4.69) is 26.3 Å². The highest BCUT2D eigenvalue weighted by atomic mass is 79.9. The summed E-state index contributed by atoms with van der Waals surface area (Å²) in [4.78, 5) is 0. The molecular formula is C10H16BrN3. The van der Waals surface area contributed by atoms with Crippen LogP contribution in [0.5, 0.6) is 0 Å². The molecule has 1 aliphatic heterocycles. The SMILES string of the molecule is Cc1nn(C)c(CC2CCCN2)c1Br. The molecule has 78 valence electrons. The second kappa shape index (κ2) is 4.03. The van der Waals surface area contributed by atoms with E-state index in [0.29, 0.717) is 6.04 Å². The fraction of sp³-hybridized carbons (Fsp3) is 0.700. The highest BCUT2D eigenvalue weighted by Crippen LogP contribution is 2.23. The molecule has 2 rings (SSSR count). The van der Waals surface area contributed by atoms with Gasteiger partial charge in [0.25, 0.3) is 0 Å². The number of nitrogens with zero attached hydrogens (tertiary/aromatic N) is 2. The molecule has 0 amide bonds. The second-order valence-corrected chi connectivity index (χ2v) is 4.76. The maximum atomic E-state index is 4.39. The van der Waals surface area contributed by atoms with Crippen molar-refractivity contribution in [3.05, 3.63) is 15.9 Å². The molecule has 4 heteroatoms. The van der Waals surface area contributed by atoms with Crippen LogP contribution in [0.3, 0.4) is 0 Å². The summed E-state index contributed by atoms with van der Waals surface area (Å²) in [7, 11) is 2.02. The number of aromatic nitrogens is 2. The third-order valence-electron chi connectivity index (χ3n) is 2.86. The van der Waals surface area contributed by atoms with Gasteiger partial charge in [-0.1, -0.05) is 0 Å². The summed E-state index contributed by atoms with van der Waals surface area (Å²) < 4.78 is 3.16. The Morgan fingerprint density at radius 2 is 2.43 bits per heavy atom. The predicted molar refractivity (Wildman–Crippen MR) is 60.4 cm³/mol. The highest BCUT2D eigenvalue weighted by Gasteiger charge is 2.19. The third kappa shape index (κ3) is 1.86. The van der Waals surface area contributed by atoms with Crippen molar-refractivity contribution in [1.82, 2.24) is 15.1 Å². The number of nitrogens with one attached hydrogen (secondary N) is 1. The minimum absolute atomic E-state index is 0.640. The number of rotatable bonds is 2. The predicted octanol–water partition coefficient (Wildman–Crippen LogP) is 1.79. The minimum Gasteiger partial charge on any atom is -0.314 e. The van der Waals surface area contributed by atoms with Crippen LogP contribution >= 0.6 is 15.9 Å². The molecule has 1 saturated heterocycles. The average Bonchev–Trinajstić information content (AvgIpc) is 2.71. The van der Waals surface area contributed by atoms with E-state index in [1.807, 2.05) is 18.7 Å². The average molecular weight is 258 g/mol. The molecular weight excluding hydrogens is 242 g/mol. The van der Waals surface area contributed by atoms with Crippen LogP contribution in [0.1, 0.15) is 24.2 Å². The van der Waals surface area contributed by atoms with Crippen molar-refractivity contribution >= 4 is 15.9 Å². The van der Waals surface area contributed by atoms with Crippen LogP contribution in [0.4, 0.5) is 0 Å². The van der Waals surface area contributed by atoms with Crippen LogP contribution in [0.15, 0.2) is 4.47 Å². The van der Waals surface area contributed by atoms with E-state index >= 15 is 0 Å². The van der Waals surface area contributed by atoms with E-state index in [4.69, 9.17) is 0 Å². The van der Waals surface area contributed by atoms with Crippen molar-refractivity contribution in [2.45, 2.75) is 32.2 Å². The lowest BCUT2D eigenvalue weighted by molar-refractivity contribution is 0.569. The first-order valence-corrected chi connectivity index (χ1v) is 5.89. The van der Waals surface area contributed by atoms with Crippen LogP contribution in [-0.2, 0) is 13.5 Å². The Balaban J connectivity index is 2.14. The summed E-state index contributed by atoms with van der Waals surface area (Å²) >= 11 is 3.60. The molecule has 1 atom stereocenters. The van der Waals surface area contributed by atoms with Gasteiger partial charge in [0.15, 0.2) is 0 Å². The highest BCUT2D eigenvalue weighted by molar-refractivity contribution is 9.10. The van der Waals surface area contributed by atoms with E-state index < -0.39 is 0 Å². The summed E-state index contributed by atoms with van der Waals surface area (Å²) in [6.07, 6.45) is 3.67. The van der Waals surface area contributed by atoms with Gasteiger partial charge in [-0.15, -0.1) is 0 Å². The first-order valence-electron chi connectivity index (χ1n) is 5.10. The Labute approximate surface area is 93.0 Å². The largest absolute Gasteiger partial charge is 0.314 e. The molecule has 0 bridgehead atoms. The molecule has 0 aliphatic carbocycles. The first kappa shape index (κ1) is 10.2. The fourth-order valence-electron chi connectivity index (χ4n) is 2.07. The zero-order valence-corrected chi connectivity index (χ0v) is 10.3. The molecule has 1 aromatic heterocycles. The van der Waals surface area contributed by atoms with Gasteiger partial charge in [-0.2, -0.15) is 5.10 Å². The third-order valence-corrected chi connectivity index (χ3v) is 3.90. The van der Waals surface area contributed by atoms with Crippen LogP contribution in [0, 0.1) is 6.92 Å². The molecule has 1 fully saturated rings. The summed E-state index contributed by atoms with van der Waals surface area (Å²) in [5.74, 6) is 0. The van der Waals surface area contributed by atoms with Crippen molar-refractivity contribution in [3.8, 4) is 0 Å². The smallest absolute Gasteiger partial charge is 0.0738 e. The van der Waals surface area contributed by atoms with Gasteiger partial charge in [-0.3, -0.25) is 4.68 Å². The van der Waals surface area contributed by atoms with Gasteiger partial charge in [0.2, 0.25) is 0 Å². The van der Waals surface area contributed by atoms with Crippen molar-refractivity contribution < 1.29 is 0 Å². The van der Waals surface area contributed by atoms with E-state index in [1.54, 1.807) is 0 Å². The van der Waals surface area contributed by atoms with E-state index in [0.717, 1.165) is 12.1 Å². The quantitative estimate of drug-likeness (QED) is 0.876. The molecule has 0 aromatic carbocycles.